The van der Waals surface area contributed by atoms with Crippen LogP contribution in [0.4, 0.5) is 0 Å². The molecule has 0 spiro atoms. The van der Waals surface area contributed by atoms with E-state index >= 15 is 0 Å². The minimum Gasteiger partial charge on any atom is -0.364 e. The van der Waals surface area contributed by atoms with Gasteiger partial charge in [-0.25, -0.2) is 0 Å². The molecule has 106 valence electrons. The van der Waals surface area contributed by atoms with Gasteiger partial charge in [-0.1, -0.05) is 5.16 Å². The SMILES string of the molecule is CC(C)(C)n1ccc(C(=O)N2CCc3nocc3C2)c1. The molecule has 0 saturated carbocycles. The summed E-state index contributed by atoms with van der Waals surface area (Å²) in [5.41, 5.74) is 2.71. The fourth-order valence-electron chi connectivity index (χ4n) is 2.44. The highest BCUT2D eigenvalue weighted by Crippen LogP contribution is 2.21. The molecule has 1 aliphatic rings. The van der Waals surface area contributed by atoms with Gasteiger partial charge < -0.3 is 14.0 Å². The summed E-state index contributed by atoms with van der Waals surface area (Å²) in [6.45, 7) is 7.63. The van der Waals surface area contributed by atoms with Crippen LogP contribution < -0.4 is 0 Å². The first kappa shape index (κ1) is 13.0. The molecule has 2 aromatic heterocycles. The Labute approximate surface area is 118 Å². The Morgan fingerprint density at radius 1 is 1.40 bits per heavy atom. The van der Waals surface area contributed by atoms with Gasteiger partial charge in [-0.15, -0.1) is 0 Å². The van der Waals surface area contributed by atoms with E-state index in [4.69, 9.17) is 4.52 Å². The molecular formula is C15H19N3O2. The van der Waals surface area contributed by atoms with Gasteiger partial charge in [-0.3, -0.25) is 4.79 Å². The van der Waals surface area contributed by atoms with E-state index in [1.807, 2.05) is 23.4 Å². The summed E-state index contributed by atoms with van der Waals surface area (Å²) in [7, 11) is 0. The first-order valence-electron chi connectivity index (χ1n) is 6.85. The fourth-order valence-corrected chi connectivity index (χ4v) is 2.44. The van der Waals surface area contributed by atoms with Crippen LogP contribution in [0.2, 0.25) is 0 Å². The molecule has 0 radical (unpaired) electrons. The van der Waals surface area contributed by atoms with Crippen molar-refractivity contribution in [1.82, 2.24) is 14.6 Å². The van der Waals surface area contributed by atoms with Gasteiger partial charge in [0.25, 0.3) is 5.91 Å². The lowest BCUT2D eigenvalue weighted by molar-refractivity contribution is 0.0734. The molecule has 0 fully saturated rings. The predicted molar refractivity (Wildman–Crippen MR) is 74.4 cm³/mol. The van der Waals surface area contributed by atoms with Crippen molar-refractivity contribution < 1.29 is 9.32 Å². The monoisotopic (exact) mass is 273 g/mol. The first-order chi connectivity index (χ1) is 9.45. The molecule has 0 atom stereocenters. The van der Waals surface area contributed by atoms with E-state index < -0.39 is 0 Å². The summed E-state index contributed by atoms with van der Waals surface area (Å²) in [4.78, 5) is 14.4. The summed E-state index contributed by atoms with van der Waals surface area (Å²) in [6, 6.07) is 1.89. The Balaban J connectivity index is 1.79. The van der Waals surface area contributed by atoms with E-state index in [9.17, 15) is 4.79 Å². The Kier molecular flexibility index (Phi) is 2.92. The molecule has 3 rings (SSSR count). The van der Waals surface area contributed by atoms with Crippen LogP contribution in [0.1, 0.15) is 42.4 Å². The summed E-state index contributed by atoms with van der Waals surface area (Å²) < 4.78 is 7.02. The highest BCUT2D eigenvalue weighted by Gasteiger charge is 2.25. The number of hydrogen-bond acceptors (Lipinski definition) is 3. The van der Waals surface area contributed by atoms with Crippen LogP contribution in [-0.4, -0.2) is 27.1 Å². The third kappa shape index (κ3) is 2.24. The first-order valence-corrected chi connectivity index (χ1v) is 6.85. The lowest BCUT2D eigenvalue weighted by atomic mass is 10.1. The molecule has 0 bridgehead atoms. The molecule has 5 nitrogen and oxygen atoms in total. The van der Waals surface area contributed by atoms with E-state index in [1.165, 1.54) is 0 Å². The van der Waals surface area contributed by atoms with Crippen molar-refractivity contribution in [3.63, 3.8) is 0 Å². The Hall–Kier alpha value is -2.04. The van der Waals surface area contributed by atoms with E-state index in [2.05, 4.69) is 30.5 Å². The minimum atomic E-state index is -0.0118. The van der Waals surface area contributed by atoms with Crippen LogP contribution >= 0.6 is 0 Å². The normalized spacial score (nSPS) is 15.2. The van der Waals surface area contributed by atoms with Gasteiger partial charge in [0.05, 0.1) is 17.8 Å². The molecule has 0 aliphatic carbocycles. The van der Waals surface area contributed by atoms with E-state index in [0.29, 0.717) is 13.1 Å². The largest absolute Gasteiger partial charge is 0.364 e. The highest BCUT2D eigenvalue weighted by molar-refractivity contribution is 5.94. The zero-order valence-corrected chi connectivity index (χ0v) is 12.1. The van der Waals surface area contributed by atoms with Crippen molar-refractivity contribution in [3.8, 4) is 0 Å². The lowest BCUT2D eigenvalue weighted by Gasteiger charge is -2.25. The van der Waals surface area contributed by atoms with Crippen LogP contribution in [0, 0.1) is 0 Å². The second-order valence-electron chi connectivity index (χ2n) is 6.24. The van der Waals surface area contributed by atoms with Crippen molar-refractivity contribution in [1.29, 1.82) is 0 Å². The van der Waals surface area contributed by atoms with Crippen molar-refractivity contribution in [2.45, 2.75) is 39.3 Å². The molecule has 0 saturated heterocycles. The number of amides is 1. The van der Waals surface area contributed by atoms with Gasteiger partial charge in [-0.2, -0.15) is 0 Å². The van der Waals surface area contributed by atoms with Gasteiger partial charge in [0.15, 0.2) is 0 Å². The number of hydrogen-bond donors (Lipinski definition) is 0. The maximum absolute atomic E-state index is 12.5. The van der Waals surface area contributed by atoms with Gasteiger partial charge >= 0.3 is 0 Å². The molecule has 1 amide bonds. The zero-order chi connectivity index (χ0) is 14.3. The third-order valence-electron chi connectivity index (χ3n) is 3.71. The molecule has 1 aliphatic heterocycles. The standard InChI is InChI=1S/C15H19N3O2/c1-15(2,3)18-7-4-11(9-18)14(19)17-6-5-13-12(8-17)10-20-16-13/h4,7,9-10H,5-6,8H2,1-3H3. The maximum atomic E-state index is 12.5. The molecule has 0 aromatic carbocycles. The Morgan fingerprint density at radius 3 is 2.90 bits per heavy atom. The molecule has 0 N–H and O–H groups in total. The lowest BCUT2D eigenvalue weighted by Crippen LogP contribution is -2.35. The second-order valence-corrected chi connectivity index (χ2v) is 6.24. The number of carbonyl (C=O) groups excluding carboxylic acids is 1. The topological polar surface area (TPSA) is 51.3 Å². The van der Waals surface area contributed by atoms with Gasteiger partial charge in [0, 0.05) is 36.5 Å². The van der Waals surface area contributed by atoms with Crippen LogP contribution in [0.15, 0.2) is 29.2 Å². The Morgan fingerprint density at radius 2 is 2.20 bits per heavy atom. The quantitative estimate of drug-likeness (QED) is 0.802. The molecule has 2 aromatic rings. The van der Waals surface area contributed by atoms with Gasteiger partial charge in [-0.05, 0) is 26.8 Å². The summed E-state index contributed by atoms with van der Waals surface area (Å²) >= 11 is 0. The van der Waals surface area contributed by atoms with Gasteiger partial charge in [0.2, 0.25) is 0 Å². The van der Waals surface area contributed by atoms with Crippen LogP contribution in [0.25, 0.3) is 0 Å². The smallest absolute Gasteiger partial charge is 0.255 e. The van der Waals surface area contributed by atoms with Crippen molar-refractivity contribution in [2.24, 2.45) is 0 Å². The number of fused-ring (bicyclic) bond motifs is 1. The number of carbonyl (C=O) groups is 1. The zero-order valence-electron chi connectivity index (χ0n) is 12.1. The van der Waals surface area contributed by atoms with Crippen LogP contribution in [0.3, 0.4) is 0 Å². The predicted octanol–water partition coefficient (Wildman–Crippen LogP) is 2.43. The average Bonchev–Trinajstić information content (AvgIpc) is 3.05. The maximum Gasteiger partial charge on any atom is 0.255 e. The van der Waals surface area contributed by atoms with Gasteiger partial charge in [0.1, 0.15) is 6.26 Å². The molecule has 20 heavy (non-hydrogen) atoms. The third-order valence-corrected chi connectivity index (χ3v) is 3.71. The Bertz CT molecular complexity index is 634. The van der Waals surface area contributed by atoms with Crippen LogP contribution in [0.5, 0.6) is 0 Å². The van der Waals surface area contributed by atoms with E-state index in [-0.39, 0.29) is 11.4 Å². The molecule has 0 unspecified atom stereocenters. The van der Waals surface area contributed by atoms with E-state index in [1.54, 1.807) is 6.26 Å². The van der Waals surface area contributed by atoms with E-state index in [0.717, 1.165) is 23.2 Å². The van der Waals surface area contributed by atoms with Crippen molar-refractivity contribution in [3.05, 3.63) is 41.5 Å². The van der Waals surface area contributed by atoms with Crippen LogP contribution in [-0.2, 0) is 18.5 Å². The summed E-state index contributed by atoms with van der Waals surface area (Å²) in [5, 5.41) is 3.94. The summed E-state index contributed by atoms with van der Waals surface area (Å²) in [6.07, 6.45) is 6.28. The molecule has 3 heterocycles. The minimum absolute atomic E-state index is 0.0118. The fraction of sp³-hybridized carbons (Fsp3) is 0.467. The average molecular weight is 273 g/mol. The molecule has 5 heteroatoms. The van der Waals surface area contributed by atoms with Crippen molar-refractivity contribution >= 4 is 5.91 Å². The summed E-state index contributed by atoms with van der Waals surface area (Å²) in [5.74, 6) is 0.0693. The highest BCUT2D eigenvalue weighted by atomic mass is 16.5. The van der Waals surface area contributed by atoms with Crippen molar-refractivity contribution in [2.75, 3.05) is 6.54 Å². The molecular weight excluding hydrogens is 254 g/mol. The number of nitrogens with zero attached hydrogens (tertiary/aromatic N) is 3. The number of rotatable bonds is 1. The second kappa shape index (κ2) is 4.51. The number of aromatic nitrogens is 2.